The molecule has 0 radical (unpaired) electrons. The average Bonchev–Trinajstić information content (AvgIpc) is 3.12. The van der Waals surface area contributed by atoms with Gasteiger partial charge in [0.1, 0.15) is 0 Å². The van der Waals surface area contributed by atoms with Gasteiger partial charge in [-0.1, -0.05) is 60.3 Å². The fourth-order valence-electron chi connectivity index (χ4n) is 3.62. The Morgan fingerprint density at radius 3 is 2.73 bits per heavy atom. The third kappa shape index (κ3) is 5.13. The van der Waals surface area contributed by atoms with E-state index < -0.39 is 5.25 Å². The molecule has 6 heteroatoms. The number of fused-ring (bicyclic) bond motifs is 1. The van der Waals surface area contributed by atoms with E-state index in [1.54, 1.807) is 12.3 Å². The number of ketones is 1. The molecular formula is C24H23N3O2S. The second kappa shape index (κ2) is 9.67. The molecule has 152 valence electrons. The Morgan fingerprint density at radius 1 is 1.10 bits per heavy atom. The Hall–Kier alpha value is -2.99. The van der Waals surface area contributed by atoms with Gasteiger partial charge in [0, 0.05) is 18.2 Å². The molecule has 1 amide bonds. The zero-order valence-electron chi connectivity index (χ0n) is 16.6. The van der Waals surface area contributed by atoms with Crippen LogP contribution < -0.4 is 5.32 Å². The number of carbonyl (C=O) groups is 2. The quantitative estimate of drug-likeness (QED) is 0.430. The van der Waals surface area contributed by atoms with E-state index in [2.05, 4.69) is 21.6 Å². The fraction of sp³-hybridized carbons (Fsp3) is 0.250. The molecule has 1 saturated heterocycles. The van der Waals surface area contributed by atoms with Gasteiger partial charge in [0.05, 0.1) is 5.25 Å². The first-order valence-corrected chi connectivity index (χ1v) is 11.0. The number of aryl methyl sites for hydroxylation is 2. The van der Waals surface area contributed by atoms with Crippen molar-refractivity contribution in [3.63, 3.8) is 0 Å². The highest BCUT2D eigenvalue weighted by atomic mass is 32.2. The van der Waals surface area contributed by atoms with Gasteiger partial charge in [-0.2, -0.15) is 5.10 Å². The van der Waals surface area contributed by atoms with Crippen LogP contribution in [0.5, 0.6) is 0 Å². The number of hydrogen-bond acceptors (Lipinski definition) is 5. The van der Waals surface area contributed by atoms with Gasteiger partial charge in [-0.3, -0.25) is 9.59 Å². The minimum atomic E-state index is -0.470. The molecule has 0 bridgehead atoms. The zero-order valence-corrected chi connectivity index (χ0v) is 17.4. The number of benzene rings is 2. The van der Waals surface area contributed by atoms with E-state index in [0.717, 1.165) is 18.4 Å². The van der Waals surface area contributed by atoms with Gasteiger partial charge < -0.3 is 5.32 Å². The summed E-state index contributed by atoms with van der Waals surface area (Å²) in [5.41, 5.74) is 4.38. The highest BCUT2D eigenvalue weighted by molar-refractivity contribution is 8.15. The number of Topliss-reactive ketones (excluding diaryl/α,β-unsaturated/α-hetero) is 1. The van der Waals surface area contributed by atoms with Gasteiger partial charge in [0.15, 0.2) is 11.0 Å². The number of amidine groups is 1. The molecule has 2 aliphatic rings. The minimum absolute atomic E-state index is 0.00781. The Kier molecular flexibility index (Phi) is 6.54. The smallest absolute Gasteiger partial charge is 0.240 e. The van der Waals surface area contributed by atoms with Gasteiger partial charge in [0.2, 0.25) is 5.91 Å². The maximum Gasteiger partial charge on any atom is 0.240 e. The molecular weight excluding hydrogens is 394 g/mol. The van der Waals surface area contributed by atoms with E-state index in [0.29, 0.717) is 10.7 Å². The van der Waals surface area contributed by atoms with Crippen molar-refractivity contribution in [3.05, 3.63) is 76.9 Å². The Bertz CT molecular complexity index is 1030. The Balaban J connectivity index is 1.33. The topological polar surface area (TPSA) is 70.9 Å². The second-order valence-corrected chi connectivity index (χ2v) is 8.54. The van der Waals surface area contributed by atoms with Crippen LogP contribution in [0, 0.1) is 0 Å². The summed E-state index contributed by atoms with van der Waals surface area (Å²) in [6.07, 6.45) is 9.94. The molecule has 0 saturated carbocycles. The summed E-state index contributed by atoms with van der Waals surface area (Å²) in [7, 11) is 0. The molecule has 1 aliphatic carbocycles. The van der Waals surface area contributed by atoms with Crippen LogP contribution in [0.2, 0.25) is 0 Å². The van der Waals surface area contributed by atoms with E-state index in [9.17, 15) is 9.59 Å². The van der Waals surface area contributed by atoms with E-state index in [1.165, 1.54) is 35.7 Å². The van der Waals surface area contributed by atoms with Crippen molar-refractivity contribution < 1.29 is 9.59 Å². The molecule has 0 spiro atoms. The maximum atomic E-state index is 12.7. The SMILES string of the molecule is O=C(CC1S/C(=N/N=C/C=C\c2ccccc2)NC1=O)c1ccc2c(c1)CCCC2. The molecule has 5 nitrogen and oxygen atoms in total. The number of thioether (sulfide) groups is 1. The molecule has 1 N–H and O–H groups in total. The van der Waals surface area contributed by atoms with Crippen molar-refractivity contribution in [2.24, 2.45) is 10.2 Å². The van der Waals surface area contributed by atoms with Gasteiger partial charge in [-0.05, 0) is 54.5 Å². The van der Waals surface area contributed by atoms with Crippen molar-refractivity contribution in [1.82, 2.24) is 5.32 Å². The lowest BCUT2D eigenvalue weighted by Crippen LogP contribution is -2.26. The minimum Gasteiger partial charge on any atom is -0.303 e. The molecule has 1 atom stereocenters. The summed E-state index contributed by atoms with van der Waals surface area (Å²) in [4.78, 5) is 24.9. The number of amides is 1. The zero-order chi connectivity index (χ0) is 20.8. The van der Waals surface area contributed by atoms with Crippen molar-refractivity contribution in [1.29, 1.82) is 0 Å². The lowest BCUT2D eigenvalue weighted by molar-refractivity contribution is -0.118. The van der Waals surface area contributed by atoms with Crippen LogP contribution in [0.4, 0.5) is 0 Å². The number of allylic oxidation sites excluding steroid dienone is 1. The maximum absolute atomic E-state index is 12.7. The Labute approximate surface area is 180 Å². The first-order chi connectivity index (χ1) is 14.7. The summed E-state index contributed by atoms with van der Waals surface area (Å²) >= 11 is 1.26. The summed E-state index contributed by atoms with van der Waals surface area (Å²) in [5.74, 6) is -0.202. The van der Waals surface area contributed by atoms with E-state index >= 15 is 0 Å². The van der Waals surface area contributed by atoms with Crippen LogP contribution in [-0.4, -0.2) is 28.3 Å². The number of nitrogens with zero attached hydrogens (tertiary/aromatic N) is 2. The van der Waals surface area contributed by atoms with Crippen LogP contribution in [-0.2, 0) is 17.6 Å². The number of hydrogen-bond donors (Lipinski definition) is 1. The van der Waals surface area contributed by atoms with Crippen molar-refractivity contribution in [2.45, 2.75) is 37.4 Å². The van der Waals surface area contributed by atoms with E-state index in [1.807, 2.05) is 48.5 Å². The van der Waals surface area contributed by atoms with Crippen LogP contribution in [0.1, 0.15) is 46.3 Å². The van der Waals surface area contributed by atoms with E-state index in [-0.39, 0.29) is 18.1 Å². The molecule has 30 heavy (non-hydrogen) atoms. The van der Waals surface area contributed by atoms with Gasteiger partial charge in [-0.15, -0.1) is 5.10 Å². The van der Waals surface area contributed by atoms with Crippen molar-refractivity contribution in [3.8, 4) is 0 Å². The molecule has 1 fully saturated rings. The first kappa shape index (κ1) is 20.3. The lowest BCUT2D eigenvalue weighted by Gasteiger charge is -2.16. The average molecular weight is 418 g/mol. The normalized spacial score (nSPS) is 20.1. The third-order valence-corrected chi connectivity index (χ3v) is 6.28. The van der Waals surface area contributed by atoms with Crippen molar-refractivity contribution in [2.75, 3.05) is 0 Å². The largest absolute Gasteiger partial charge is 0.303 e. The molecule has 2 aromatic rings. The standard InChI is InChI=1S/C24H23N3O2S/c28-21(20-13-12-18-10-4-5-11-19(18)15-20)16-22-23(29)26-24(30-22)27-25-14-6-9-17-7-2-1-3-8-17/h1-3,6-9,12-15,22H,4-5,10-11,16H2,(H,26,27,29)/b9-6-,25-14+. The summed E-state index contributed by atoms with van der Waals surface area (Å²) in [6.45, 7) is 0. The molecule has 1 unspecified atom stereocenters. The molecule has 1 aliphatic heterocycles. The van der Waals surface area contributed by atoms with Crippen LogP contribution >= 0.6 is 11.8 Å². The van der Waals surface area contributed by atoms with Crippen LogP contribution in [0.3, 0.4) is 0 Å². The first-order valence-electron chi connectivity index (χ1n) is 10.1. The summed E-state index contributed by atoms with van der Waals surface area (Å²) < 4.78 is 0. The number of nitrogens with one attached hydrogen (secondary N) is 1. The van der Waals surface area contributed by atoms with Gasteiger partial charge in [-0.25, -0.2) is 0 Å². The monoisotopic (exact) mass is 417 g/mol. The molecule has 0 aromatic heterocycles. The Morgan fingerprint density at radius 2 is 1.90 bits per heavy atom. The fourth-order valence-corrected chi connectivity index (χ4v) is 4.55. The summed E-state index contributed by atoms with van der Waals surface area (Å²) in [5, 5.41) is 10.7. The molecule has 4 rings (SSSR count). The van der Waals surface area contributed by atoms with Crippen molar-refractivity contribution >= 4 is 40.9 Å². The third-order valence-electron chi connectivity index (χ3n) is 5.21. The predicted molar refractivity (Wildman–Crippen MR) is 123 cm³/mol. The number of rotatable bonds is 6. The number of carbonyl (C=O) groups excluding carboxylic acids is 2. The van der Waals surface area contributed by atoms with Gasteiger partial charge >= 0.3 is 0 Å². The van der Waals surface area contributed by atoms with Crippen LogP contribution in [0.25, 0.3) is 6.08 Å². The van der Waals surface area contributed by atoms with E-state index in [4.69, 9.17) is 0 Å². The lowest BCUT2D eigenvalue weighted by atomic mass is 9.89. The summed E-state index contributed by atoms with van der Waals surface area (Å²) in [6, 6.07) is 15.8. The second-order valence-electron chi connectivity index (χ2n) is 7.35. The predicted octanol–water partition coefficient (Wildman–Crippen LogP) is 4.43. The highest BCUT2D eigenvalue weighted by Crippen LogP contribution is 2.26. The molecule has 1 heterocycles. The highest BCUT2D eigenvalue weighted by Gasteiger charge is 2.32. The van der Waals surface area contributed by atoms with Gasteiger partial charge in [0.25, 0.3) is 0 Å². The molecule has 2 aromatic carbocycles. The van der Waals surface area contributed by atoms with Crippen LogP contribution in [0.15, 0.2) is 64.8 Å².